The van der Waals surface area contributed by atoms with Crippen molar-refractivity contribution in [2.45, 2.75) is 19.3 Å². The van der Waals surface area contributed by atoms with Crippen LogP contribution < -0.4 is 4.90 Å². The monoisotopic (exact) mass is 399 g/mol. The predicted molar refractivity (Wildman–Crippen MR) is 88.9 cm³/mol. The van der Waals surface area contributed by atoms with Gasteiger partial charge in [0, 0.05) is 12.5 Å². The van der Waals surface area contributed by atoms with Crippen molar-refractivity contribution < 1.29 is 35.9 Å². The van der Waals surface area contributed by atoms with Crippen molar-refractivity contribution in [1.29, 1.82) is 0 Å². The number of benzene rings is 2. The summed E-state index contributed by atoms with van der Waals surface area (Å²) in [5.74, 6) is -1.71. The fourth-order valence-electron chi connectivity index (χ4n) is 2.89. The van der Waals surface area contributed by atoms with Gasteiger partial charge in [0.15, 0.2) is 0 Å². The number of rotatable bonds is 1. The van der Waals surface area contributed by atoms with Crippen LogP contribution in [0.3, 0.4) is 0 Å². The third-order valence-corrected chi connectivity index (χ3v) is 4.13. The molecule has 2 aromatic carbocycles. The lowest BCUT2D eigenvalue weighted by atomic mass is 10.0. The van der Waals surface area contributed by atoms with Gasteiger partial charge >= 0.3 is 12.4 Å². The van der Waals surface area contributed by atoms with Gasteiger partial charge in [0.05, 0.1) is 22.4 Å². The molecule has 0 aliphatic carbocycles. The number of halogens is 6. The average Bonchev–Trinajstić information content (AvgIpc) is 2.85. The minimum Gasteiger partial charge on any atom is -0.274 e. The molecule has 0 unspecified atom stereocenters. The molecule has 0 radical (unpaired) electrons. The van der Waals surface area contributed by atoms with Gasteiger partial charge in [-0.3, -0.25) is 9.59 Å². The van der Waals surface area contributed by atoms with Crippen LogP contribution in [0, 0.1) is 0 Å². The van der Waals surface area contributed by atoms with Crippen molar-refractivity contribution in [3.63, 3.8) is 0 Å². The van der Waals surface area contributed by atoms with Gasteiger partial charge in [0.1, 0.15) is 0 Å². The zero-order valence-corrected chi connectivity index (χ0v) is 14.2. The maximum atomic E-state index is 13.0. The number of anilines is 1. The third-order valence-electron chi connectivity index (χ3n) is 4.13. The molecule has 9 heteroatoms. The predicted octanol–water partition coefficient (Wildman–Crippen LogP) is 5.16. The number of fused-ring (bicyclic) bond motifs is 1. The van der Waals surface area contributed by atoms with Crippen LogP contribution in [0.15, 0.2) is 42.5 Å². The number of hydrogen-bond acceptors (Lipinski definition) is 2. The number of hydrogen-bond donors (Lipinski definition) is 0. The van der Waals surface area contributed by atoms with Gasteiger partial charge in [-0.25, -0.2) is 4.90 Å². The maximum absolute atomic E-state index is 13.0. The summed E-state index contributed by atoms with van der Waals surface area (Å²) in [5.41, 5.74) is -2.36. The van der Waals surface area contributed by atoms with Crippen LogP contribution >= 0.6 is 0 Å². The van der Waals surface area contributed by atoms with Crippen molar-refractivity contribution in [3.05, 3.63) is 64.7 Å². The summed E-state index contributed by atoms with van der Waals surface area (Å²) in [4.78, 5) is 25.0. The van der Waals surface area contributed by atoms with Crippen LogP contribution in [0.2, 0.25) is 0 Å². The summed E-state index contributed by atoms with van der Waals surface area (Å²) in [6.45, 7) is 1.01. The van der Waals surface area contributed by atoms with Gasteiger partial charge in [-0.15, -0.1) is 0 Å². The summed E-state index contributed by atoms with van der Waals surface area (Å²) in [6.07, 6.45) is -8.17. The van der Waals surface area contributed by atoms with Crippen LogP contribution in [0.4, 0.5) is 32.0 Å². The highest BCUT2D eigenvalue weighted by Crippen LogP contribution is 2.42. The number of alkyl halides is 6. The summed E-state index contributed by atoms with van der Waals surface area (Å²) >= 11 is 0. The third kappa shape index (κ3) is 3.51. The Morgan fingerprint density at radius 3 is 2.11 bits per heavy atom. The van der Waals surface area contributed by atoms with E-state index in [1.54, 1.807) is 0 Å². The van der Waals surface area contributed by atoms with Crippen LogP contribution in [0.25, 0.3) is 11.6 Å². The largest absolute Gasteiger partial charge is 0.416 e. The molecule has 0 fully saturated rings. The molecule has 2 amide bonds. The number of carbonyl (C=O) groups excluding carboxylic acids is 2. The van der Waals surface area contributed by atoms with Crippen molar-refractivity contribution >= 4 is 29.2 Å². The van der Waals surface area contributed by atoms with Crippen molar-refractivity contribution in [2.24, 2.45) is 0 Å². The van der Waals surface area contributed by atoms with E-state index in [0.717, 1.165) is 43.3 Å². The molecule has 0 atom stereocenters. The van der Waals surface area contributed by atoms with E-state index >= 15 is 0 Å². The molecular formula is C19H11F6NO2. The first-order chi connectivity index (χ1) is 12.9. The zero-order chi connectivity index (χ0) is 20.9. The topological polar surface area (TPSA) is 37.4 Å². The van der Waals surface area contributed by atoms with E-state index < -0.39 is 35.3 Å². The number of carbonyl (C=O) groups is 2. The van der Waals surface area contributed by atoms with E-state index in [0.29, 0.717) is 11.0 Å². The fraction of sp³-hybridized carbons (Fsp3) is 0.158. The first-order valence-corrected chi connectivity index (χ1v) is 7.85. The van der Waals surface area contributed by atoms with Gasteiger partial charge in [0.2, 0.25) is 5.91 Å². The SMILES string of the molecule is CC(=O)N1C(=O)/C(=C/c2cccc(C(F)(F)F)c2)c2ccc(C(F)(F)F)cc21. The molecule has 0 saturated heterocycles. The molecule has 1 aliphatic rings. The Balaban J connectivity index is 2.16. The van der Waals surface area contributed by atoms with E-state index in [9.17, 15) is 35.9 Å². The molecule has 3 rings (SSSR count). The second kappa shape index (κ2) is 6.50. The molecule has 2 aromatic rings. The summed E-state index contributed by atoms with van der Waals surface area (Å²) in [6, 6.07) is 6.56. The minimum absolute atomic E-state index is 0.0226. The number of nitrogens with zero attached hydrogens (tertiary/aromatic N) is 1. The fourth-order valence-corrected chi connectivity index (χ4v) is 2.89. The number of imide groups is 1. The van der Waals surface area contributed by atoms with E-state index in [2.05, 4.69) is 0 Å². The van der Waals surface area contributed by atoms with Crippen LogP contribution in [0.1, 0.15) is 29.2 Å². The molecule has 1 aliphatic heterocycles. The lowest BCUT2D eigenvalue weighted by molar-refractivity contribution is -0.138. The molecule has 0 bridgehead atoms. The normalized spacial score (nSPS) is 15.9. The summed E-state index contributed by atoms with van der Waals surface area (Å²) < 4.78 is 77.5. The zero-order valence-electron chi connectivity index (χ0n) is 14.2. The second-order valence-corrected chi connectivity index (χ2v) is 6.07. The average molecular weight is 399 g/mol. The van der Waals surface area contributed by atoms with Crippen molar-refractivity contribution in [1.82, 2.24) is 0 Å². The van der Waals surface area contributed by atoms with Gasteiger partial charge in [-0.2, -0.15) is 26.3 Å². The Kier molecular flexibility index (Phi) is 4.57. The van der Waals surface area contributed by atoms with Gasteiger partial charge in [-0.05, 0) is 35.9 Å². The van der Waals surface area contributed by atoms with Gasteiger partial charge in [-0.1, -0.05) is 18.2 Å². The van der Waals surface area contributed by atoms with Gasteiger partial charge < -0.3 is 0 Å². The van der Waals surface area contributed by atoms with Crippen LogP contribution in [-0.2, 0) is 21.9 Å². The molecule has 0 spiro atoms. The first-order valence-electron chi connectivity index (χ1n) is 7.85. The smallest absolute Gasteiger partial charge is 0.274 e. The van der Waals surface area contributed by atoms with E-state index in [1.165, 1.54) is 6.07 Å². The summed E-state index contributed by atoms with van der Waals surface area (Å²) in [7, 11) is 0. The number of amides is 2. The van der Waals surface area contributed by atoms with Crippen molar-refractivity contribution in [2.75, 3.05) is 4.90 Å². The molecule has 3 nitrogen and oxygen atoms in total. The highest BCUT2D eigenvalue weighted by atomic mass is 19.4. The van der Waals surface area contributed by atoms with Gasteiger partial charge in [0.25, 0.3) is 5.91 Å². The highest BCUT2D eigenvalue weighted by Gasteiger charge is 2.39. The minimum atomic E-state index is -4.69. The highest BCUT2D eigenvalue weighted by molar-refractivity contribution is 6.42. The van der Waals surface area contributed by atoms with E-state index in [4.69, 9.17) is 0 Å². The lowest BCUT2D eigenvalue weighted by Crippen LogP contribution is -2.31. The molecule has 0 aromatic heterocycles. The van der Waals surface area contributed by atoms with E-state index in [-0.39, 0.29) is 22.4 Å². The Hall–Kier alpha value is -3.10. The Labute approximate surface area is 154 Å². The summed E-state index contributed by atoms with van der Waals surface area (Å²) in [5, 5.41) is 0. The molecule has 28 heavy (non-hydrogen) atoms. The Morgan fingerprint density at radius 1 is 0.929 bits per heavy atom. The van der Waals surface area contributed by atoms with Crippen molar-refractivity contribution in [3.8, 4) is 0 Å². The molecular weight excluding hydrogens is 388 g/mol. The molecule has 0 saturated carbocycles. The van der Waals surface area contributed by atoms with Crippen LogP contribution in [0.5, 0.6) is 0 Å². The maximum Gasteiger partial charge on any atom is 0.416 e. The molecule has 1 heterocycles. The quantitative estimate of drug-likeness (QED) is 0.491. The second-order valence-electron chi connectivity index (χ2n) is 6.07. The van der Waals surface area contributed by atoms with E-state index in [1.807, 2.05) is 0 Å². The lowest BCUT2D eigenvalue weighted by Gasteiger charge is -2.14. The Bertz CT molecular complexity index is 1000. The molecule has 146 valence electrons. The van der Waals surface area contributed by atoms with Crippen LogP contribution in [-0.4, -0.2) is 11.8 Å². The standard InChI is InChI=1S/C19H11F6NO2/c1-10(27)26-16-9-13(19(23,24)25)5-6-14(16)15(17(26)28)8-11-3-2-4-12(7-11)18(20,21)22/h2-9H,1H3/b15-8+. The first kappa shape index (κ1) is 19.7. The Morgan fingerprint density at radius 2 is 1.54 bits per heavy atom. The molecule has 0 N–H and O–H groups in total.